The molecule has 3 aromatic carbocycles. The number of methoxy groups -OCH3 is 2. The van der Waals surface area contributed by atoms with E-state index in [1.807, 2.05) is 69.3 Å². The number of ether oxygens (including phenoxy) is 4. The maximum atomic E-state index is 16.0. The van der Waals surface area contributed by atoms with E-state index in [4.69, 9.17) is 23.8 Å². The molecule has 9 nitrogen and oxygen atoms in total. The molecule has 3 aromatic rings. The summed E-state index contributed by atoms with van der Waals surface area (Å²) in [4.78, 5) is 21.9. The van der Waals surface area contributed by atoms with Gasteiger partial charge in [-0.1, -0.05) is 50.2 Å². The molecule has 1 N–H and O–H groups in total. The second-order valence-corrected chi connectivity index (χ2v) is 13.6. The van der Waals surface area contributed by atoms with Crippen LogP contribution in [-0.4, -0.2) is 63.5 Å². The molecule has 0 radical (unpaired) electrons. The number of hydrogen-bond donors (Lipinski definition) is 1. The van der Waals surface area contributed by atoms with Crippen molar-refractivity contribution in [2.24, 2.45) is 16.0 Å². The molecule has 3 aliphatic rings. The van der Waals surface area contributed by atoms with Crippen LogP contribution >= 0.6 is 0 Å². The SMILES string of the molecule is COc1ccc(COc2cc(C(=NOCC(C)(C)C)C(=O)NCC34CCN(CC3)CC4)cc(F)c2OCc2ccc(OC)cc2)cc1. The highest BCUT2D eigenvalue weighted by molar-refractivity contribution is 6.45. The lowest BCUT2D eigenvalue weighted by atomic mass is 9.72. The number of hydrogen-bond acceptors (Lipinski definition) is 8. The molecule has 3 heterocycles. The number of oxime groups is 1. The summed E-state index contributed by atoms with van der Waals surface area (Å²) in [5.41, 5.74) is 1.74. The molecule has 0 unspecified atom stereocenters. The number of carbonyl (C=O) groups is 1. The van der Waals surface area contributed by atoms with Crippen LogP contribution in [0.2, 0.25) is 0 Å². The highest BCUT2D eigenvalue weighted by Crippen LogP contribution is 2.39. The molecule has 0 aromatic heterocycles. The smallest absolute Gasteiger partial charge is 0.273 e. The Kier molecular flexibility index (Phi) is 10.9. The number of amides is 1. The van der Waals surface area contributed by atoms with E-state index in [2.05, 4.69) is 15.4 Å². The van der Waals surface area contributed by atoms with E-state index in [-0.39, 0.29) is 53.4 Å². The summed E-state index contributed by atoms with van der Waals surface area (Å²) in [7, 11) is 3.20. The predicted molar refractivity (Wildman–Crippen MR) is 179 cm³/mol. The van der Waals surface area contributed by atoms with Crippen LogP contribution in [0.4, 0.5) is 4.39 Å². The fourth-order valence-corrected chi connectivity index (χ4v) is 5.74. The van der Waals surface area contributed by atoms with E-state index in [9.17, 15) is 4.79 Å². The molecule has 0 spiro atoms. The quantitative estimate of drug-likeness (QED) is 0.161. The summed E-state index contributed by atoms with van der Waals surface area (Å²) in [5, 5.41) is 7.38. The van der Waals surface area contributed by atoms with Gasteiger partial charge in [-0.05, 0) is 97.3 Å². The summed E-state index contributed by atoms with van der Waals surface area (Å²) in [6.45, 7) is 10.2. The van der Waals surface area contributed by atoms with Crippen molar-refractivity contribution >= 4 is 11.6 Å². The van der Waals surface area contributed by atoms with Gasteiger partial charge in [0.1, 0.15) is 31.3 Å². The van der Waals surface area contributed by atoms with Gasteiger partial charge in [-0.3, -0.25) is 4.79 Å². The van der Waals surface area contributed by atoms with Gasteiger partial charge in [-0.15, -0.1) is 0 Å². The number of carbonyl (C=O) groups excluding carboxylic acids is 1. The first-order chi connectivity index (χ1) is 22.6. The van der Waals surface area contributed by atoms with E-state index >= 15 is 4.39 Å². The van der Waals surface area contributed by atoms with Gasteiger partial charge in [0.15, 0.2) is 23.0 Å². The minimum Gasteiger partial charge on any atom is -0.497 e. The third kappa shape index (κ3) is 9.16. The number of rotatable bonds is 14. The lowest BCUT2D eigenvalue weighted by molar-refractivity contribution is -0.116. The zero-order valence-corrected chi connectivity index (χ0v) is 28.1. The lowest BCUT2D eigenvalue weighted by Crippen LogP contribution is -2.53. The Bertz CT molecular complexity index is 1510. The van der Waals surface area contributed by atoms with Crippen LogP contribution in [0.1, 0.15) is 56.7 Å². The first kappa shape index (κ1) is 34.0. The van der Waals surface area contributed by atoms with E-state index < -0.39 is 11.7 Å². The van der Waals surface area contributed by atoms with Crippen LogP contribution in [0.15, 0.2) is 65.8 Å². The molecule has 47 heavy (non-hydrogen) atoms. The van der Waals surface area contributed by atoms with Gasteiger partial charge in [0, 0.05) is 12.1 Å². The molecule has 3 aliphatic heterocycles. The topological polar surface area (TPSA) is 90.8 Å². The fourth-order valence-electron chi connectivity index (χ4n) is 5.74. The summed E-state index contributed by atoms with van der Waals surface area (Å²) < 4.78 is 38.7. The predicted octanol–water partition coefficient (Wildman–Crippen LogP) is 6.37. The molecule has 0 atom stereocenters. The van der Waals surface area contributed by atoms with Crippen molar-refractivity contribution < 1.29 is 33.0 Å². The highest BCUT2D eigenvalue weighted by atomic mass is 19.1. The van der Waals surface area contributed by atoms with Gasteiger partial charge in [0.05, 0.1) is 14.2 Å². The number of nitrogens with one attached hydrogen (secondary N) is 1. The molecule has 3 saturated heterocycles. The Balaban J connectivity index is 1.43. The van der Waals surface area contributed by atoms with Gasteiger partial charge >= 0.3 is 0 Å². The van der Waals surface area contributed by atoms with Gasteiger partial charge < -0.3 is 34.0 Å². The van der Waals surface area contributed by atoms with Gasteiger partial charge in [-0.2, -0.15) is 0 Å². The fraction of sp³-hybridized carbons (Fsp3) is 0.459. The van der Waals surface area contributed by atoms with Crippen molar-refractivity contribution in [3.63, 3.8) is 0 Å². The number of fused-ring (bicyclic) bond motifs is 3. The Morgan fingerprint density at radius 2 is 1.43 bits per heavy atom. The zero-order valence-electron chi connectivity index (χ0n) is 28.1. The van der Waals surface area contributed by atoms with Crippen molar-refractivity contribution in [1.82, 2.24) is 10.2 Å². The third-order valence-corrected chi connectivity index (χ3v) is 8.75. The molecule has 1 amide bonds. The van der Waals surface area contributed by atoms with E-state index in [0.717, 1.165) is 50.0 Å². The maximum absolute atomic E-state index is 16.0. The van der Waals surface area contributed by atoms with Crippen LogP contribution in [0.25, 0.3) is 0 Å². The Hall–Kier alpha value is -4.31. The first-order valence-corrected chi connectivity index (χ1v) is 16.1. The largest absolute Gasteiger partial charge is 0.497 e. The Labute approximate surface area is 277 Å². The summed E-state index contributed by atoms with van der Waals surface area (Å²) >= 11 is 0. The van der Waals surface area contributed by atoms with Gasteiger partial charge in [0.2, 0.25) is 0 Å². The lowest BCUT2D eigenvalue weighted by Gasteiger charge is -2.48. The van der Waals surface area contributed by atoms with E-state index in [0.29, 0.717) is 18.0 Å². The van der Waals surface area contributed by atoms with Crippen LogP contribution in [0.5, 0.6) is 23.0 Å². The number of halogens is 1. The van der Waals surface area contributed by atoms with Crippen LogP contribution in [0, 0.1) is 16.6 Å². The van der Waals surface area contributed by atoms with Crippen LogP contribution in [0.3, 0.4) is 0 Å². The monoisotopic (exact) mass is 647 g/mol. The molecule has 0 aliphatic carbocycles. The highest BCUT2D eigenvalue weighted by Gasteiger charge is 2.39. The summed E-state index contributed by atoms with van der Waals surface area (Å²) in [6.07, 6.45) is 3.12. The molecule has 6 rings (SSSR count). The first-order valence-electron chi connectivity index (χ1n) is 16.1. The van der Waals surface area contributed by atoms with E-state index in [1.54, 1.807) is 20.3 Å². The molecule has 2 bridgehead atoms. The third-order valence-electron chi connectivity index (χ3n) is 8.75. The molecule has 252 valence electrons. The van der Waals surface area contributed by atoms with Gasteiger partial charge in [-0.25, -0.2) is 4.39 Å². The van der Waals surface area contributed by atoms with Crippen LogP contribution < -0.4 is 24.3 Å². The standard InChI is InChI=1S/C37H46FN3O6/c1-36(2,3)25-47-40-33(35(42)39-24-37-14-17-41(18-15-37)19-16-37)28-20-31(38)34(46-23-27-8-12-30(44-5)13-9-27)32(21-28)45-22-26-6-10-29(43-4)11-7-26/h6-13,20-21H,14-19,22-25H2,1-5H3,(H,39,42). The number of benzene rings is 3. The number of nitrogens with zero attached hydrogens (tertiary/aromatic N) is 2. The van der Waals surface area contributed by atoms with Crippen molar-refractivity contribution in [1.29, 1.82) is 0 Å². The van der Waals surface area contributed by atoms with Crippen LogP contribution in [-0.2, 0) is 22.8 Å². The zero-order chi connectivity index (χ0) is 33.4. The summed E-state index contributed by atoms with van der Waals surface area (Å²) in [5.74, 6) is 0.384. The molecule has 0 saturated carbocycles. The normalized spacial score (nSPS) is 19.2. The van der Waals surface area contributed by atoms with Crippen molar-refractivity contribution in [3.05, 3.63) is 83.2 Å². The van der Waals surface area contributed by atoms with Crippen molar-refractivity contribution in [2.45, 2.75) is 53.2 Å². The molecular formula is C37H46FN3O6. The minimum absolute atomic E-state index is 0.0196. The Morgan fingerprint density at radius 3 is 1.96 bits per heavy atom. The van der Waals surface area contributed by atoms with Crippen molar-refractivity contribution in [2.75, 3.05) is 47.0 Å². The second kappa shape index (κ2) is 15.1. The average molecular weight is 648 g/mol. The average Bonchev–Trinajstić information content (AvgIpc) is 3.08. The molecule has 10 heteroatoms. The van der Waals surface area contributed by atoms with E-state index in [1.165, 1.54) is 6.07 Å². The molecular weight excluding hydrogens is 601 g/mol. The van der Waals surface area contributed by atoms with Gasteiger partial charge in [0.25, 0.3) is 5.91 Å². The molecule has 3 fully saturated rings. The number of piperidine rings is 3. The minimum atomic E-state index is -0.685. The van der Waals surface area contributed by atoms with Crippen molar-refractivity contribution in [3.8, 4) is 23.0 Å². The maximum Gasteiger partial charge on any atom is 0.273 e. The Morgan fingerprint density at radius 1 is 0.872 bits per heavy atom. The summed E-state index contributed by atoms with van der Waals surface area (Å²) in [6, 6.07) is 17.6. The second-order valence-electron chi connectivity index (χ2n) is 13.6.